The highest BCUT2D eigenvalue weighted by atomic mass is 19.3. The molecule has 1 fully saturated rings. The van der Waals surface area contributed by atoms with Gasteiger partial charge in [-0.25, -0.2) is 0 Å². The third-order valence-electron chi connectivity index (χ3n) is 5.64. The van der Waals surface area contributed by atoms with Crippen LogP contribution in [0.15, 0.2) is 43.1 Å². The molecule has 2 aromatic rings. The number of hydrogen-bond acceptors (Lipinski definition) is 5. The Hall–Kier alpha value is -3.60. The van der Waals surface area contributed by atoms with Gasteiger partial charge in [0.1, 0.15) is 0 Å². The van der Waals surface area contributed by atoms with Crippen LogP contribution in [0.3, 0.4) is 0 Å². The van der Waals surface area contributed by atoms with E-state index in [4.69, 9.17) is 5.41 Å². The second kappa shape index (κ2) is 8.87. The average molecular weight is 437 g/mol. The number of amides is 1. The number of benzene rings is 1. The summed E-state index contributed by atoms with van der Waals surface area (Å²) in [6, 6.07) is 9.85. The van der Waals surface area contributed by atoms with Crippen molar-refractivity contribution in [3.05, 3.63) is 65.5 Å². The minimum absolute atomic E-state index is 0.542. The van der Waals surface area contributed by atoms with Crippen molar-refractivity contribution in [3.8, 4) is 6.07 Å². The molecule has 1 amide bonds. The lowest BCUT2D eigenvalue weighted by atomic mass is 9.97. The van der Waals surface area contributed by atoms with Crippen LogP contribution >= 0.6 is 0 Å². The van der Waals surface area contributed by atoms with Gasteiger partial charge in [0.15, 0.2) is 0 Å². The fourth-order valence-electron chi connectivity index (χ4n) is 3.46. The first kappa shape index (κ1) is 23.1. The first-order valence-electron chi connectivity index (χ1n) is 10.2. The molecule has 1 saturated carbocycles. The Kier molecular flexibility index (Phi) is 6.40. The maximum Gasteiger partial charge on any atom is 0.321 e. The van der Waals surface area contributed by atoms with E-state index in [1.807, 2.05) is 6.07 Å². The van der Waals surface area contributed by atoms with Crippen LogP contribution in [0.1, 0.15) is 55.1 Å². The maximum absolute atomic E-state index is 13.5. The van der Waals surface area contributed by atoms with Crippen molar-refractivity contribution in [3.63, 3.8) is 0 Å². The van der Waals surface area contributed by atoms with Crippen molar-refractivity contribution in [2.45, 2.75) is 50.1 Å². The standard InChI is InChI=1S/C24H25F2N5O/c1-4-16-5-7-19(18(11-16)12-27)31-21(15(2)30-22(32)23(3,25)26)17-6-8-20(29-13-17)24(14-28)9-10-24/h4-8,11-13,15,21,27,31H,1,9-10H2,2-3H3,(H,30,32)/t15-,21-/m0/s1. The van der Waals surface area contributed by atoms with Gasteiger partial charge in [-0.1, -0.05) is 24.8 Å². The molecular weight excluding hydrogens is 412 g/mol. The van der Waals surface area contributed by atoms with E-state index in [-0.39, 0.29) is 0 Å². The Balaban J connectivity index is 1.94. The molecule has 2 atom stereocenters. The summed E-state index contributed by atoms with van der Waals surface area (Å²) >= 11 is 0. The predicted octanol–water partition coefficient (Wildman–Crippen LogP) is 4.59. The van der Waals surface area contributed by atoms with Crippen LogP contribution in [-0.4, -0.2) is 29.1 Å². The monoisotopic (exact) mass is 437 g/mol. The number of hydrogen-bond donors (Lipinski definition) is 3. The number of carbonyl (C=O) groups excluding carboxylic acids is 1. The summed E-state index contributed by atoms with van der Waals surface area (Å²) in [6.45, 7) is 5.89. The molecule has 0 unspecified atom stereocenters. The van der Waals surface area contributed by atoms with E-state index < -0.39 is 29.3 Å². The highest BCUT2D eigenvalue weighted by Crippen LogP contribution is 2.46. The number of nitrogens with one attached hydrogen (secondary N) is 3. The van der Waals surface area contributed by atoms with Crippen molar-refractivity contribution < 1.29 is 13.6 Å². The van der Waals surface area contributed by atoms with Crippen molar-refractivity contribution in [2.24, 2.45) is 0 Å². The highest BCUT2D eigenvalue weighted by Gasteiger charge is 2.46. The summed E-state index contributed by atoms with van der Waals surface area (Å²) in [5.41, 5.74) is 2.79. The molecule has 3 N–H and O–H groups in total. The van der Waals surface area contributed by atoms with Gasteiger partial charge in [0.2, 0.25) is 0 Å². The van der Waals surface area contributed by atoms with Crippen molar-refractivity contribution in [1.82, 2.24) is 10.3 Å². The van der Waals surface area contributed by atoms with Crippen molar-refractivity contribution in [2.75, 3.05) is 5.32 Å². The zero-order valence-electron chi connectivity index (χ0n) is 18.0. The maximum atomic E-state index is 13.5. The number of nitrogens with zero attached hydrogens (tertiary/aromatic N) is 2. The fourth-order valence-corrected chi connectivity index (χ4v) is 3.46. The topological polar surface area (TPSA) is 102 Å². The summed E-state index contributed by atoms with van der Waals surface area (Å²) in [7, 11) is 0. The normalized spacial score (nSPS) is 16.2. The first-order chi connectivity index (χ1) is 15.1. The van der Waals surface area contributed by atoms with Crippen LogP contribution < -0.4 is 10.6 Å². The molecule has 166 valence electrons. The van der Waals surface area contributed by atoms with Crippen LogP contribution in [-0.2, 0) is 10.2 Å². The number of pyridine rings is 1. The Morgan fingerprint density at radius 3 is 2.59 bits per heavy atom. The number of carbonyl (C=O) groups is 1. The van der Waals surface area contributed by atoms with Gasteiger partial charge in [-0.2, -0.15) is 14.0 Å². The zero-order chi connectivity index (χ0) is 23.5. The number of alkyl halides is 2. The molecule has 1 aliphatic carbocycles. The molecule has 1 aromatic heterocycles. The van der Waals surface area contributed by atoms with Crippen LogP contribution in [0.2, 0.25) is 0 Å². The molecule has 1 aliphatic rings. The minimum atomic E-state index is -3.52. The molecule has 0 radical (unpaired) electrons. The number of anilines is 1. The van der Waals surface area contributed by atoms with Gasteiger partial charge >= 0.3 is 5.92 Å². The Bertz CT molecular complexity index is 1070. The molecular formula is C24H25F2N5O. The molecule has 8 heteroatoms. The zero-order valence-corrected chi connectivity index (χ0v) is 18.0. The molecule has 0 spiro atoms. The van der Waals surface area contributed by atoms with E-state index in [1.165, 1.54) is 6.21 Å². The molecule has 32 heavy (non-hydrogen) atoms. The smallest absolute Gasteiger partial charge is 0.321 e. The van der Waals surface area contributed by atoms with Crippen LogP contribution in [0.4, 0.5) is 14.5 Å². The second-order valence-corrected chi connectivity index (χ2v) is 8.14. The lowest BCUT2D eigenvalue weighted by molar-refractivity contribution is -0.143. The summed E-state index contributed by atoms with van der Waals surface area (Å²) in [6.07, 6.45) is 5.95. The van der Waals surface area contributed by atoms with E-state index in [1.54, 1.807) is 43.5 Å². The molecule has 3 rings (SSSR count). The quantitative estimate of drug-likeness (QED) is 0.499. The molecule has 0 bridgehead atoms. The van der Waals surface area contributed by atoms with E-state index in [0.717, 1.165) is 18.4 Å². The van der Waals surface area contributed by atoms with E-state index in [2.05, 4.69) is 28.3 Å². The highest BCUT2D eigenvalue weighted by molar-refractivity contribution is 5.87. The van der Waals surface area contributed by atoms with Gasteiger partial charge < -0.3 is 16.0 Å². The summed E-state index contributed by atoms with van der Waals surface area (Å²) in [5, 5.41) is 22.7. The largest absolute Gasteiger partial charge is 0.376 e. The molecule has 0 saturated heterocycles. The fraction of sp³-hybridized carbons (Fsp3) is 0.333. The third-order valence-corrected chi connectivity index (χ3v) is 5.64. The lowest BCUT2D eigenvalue weighted by Crippen LogP contribution is -2.46. The Labute approximate surface area is 185 Å². The van der Waals surface area contributed by atoms with Gasteiger partial charge in [-0.15, -0.1) is 0 Å². The van der Waals surface area contributed by atoms with Gasteiger partial charge in [-0.05, 0) is 49.1 Å². The minimum Gasteiger partial charge on any atom is -0.376 e. The SMILES string of the molecule is C=Cc1ccc(N[C@H](c2ccc(C3(C#N)CC3)nc2)[C@H](C)NC(=O)C(C)(F)F)c(C=N)c1. The number of aromatic nitrogens is 1. The number of halogens is 2. The molecule has 1 heterocycles. The predicted molar refractivity (Wildman–Crippen MR) is 120 cm³/mol. The van der Waals surface area contributed by atoms with Crippen molar-refractivity contribution in [1.29, 1.82) is 10.7 Å². The van der Waals surface area contributed by atoms with E-state index in [9.17, 15) is 18.8 Å². The number of nitriles is 1. The van der Waals surface area contributed by atoms with Crippen LogP contribution in [0.5, 0.6) is 0 Å². The van der Waals surface area contributed by atoms with Gasteiger partial charge in [0, 0.05) is 30.6 Å². The third kappa shape index (κ3) is 4.83. The van der Waals surface area contributed by atoms with Crippen LogP contribution in [0.25, 0.3) is 6.08 Å². The van der Waals surface area contributed by atoms with Crippen molar-refractivity contribution >= 4 is 23.9 Å². The average Bonchev–Trinajstić information content (AvgIpc) is 3.58. The lowest BCUT2D eigenvalue weighted by Gasteiger charge is -2.29. The van der Waals surface area contributed by atoms with Crippen LogP contribution in [0, 0.1) is 16.7 Å². The Morgan fingerprint density at radius 2 is 2.09 bits per heavy atom. The molecule has 0 aliphatic heterocycles. The van der Waals surface area contributed by atoms with E-state index in [0.29, 0.717) is 29.4 Å². The molecule has 1 aromatic carbocycles. The molecule has 6 nitrogen and oxygen atoms in total. The summed E-state index contributed by atoms with van der Waals surface area (Å²) < 4.78 is 27.0. The summed E-state index contributed by atoms with van der Waals surface area (Å²) in [5.74, 6) is -4.89. The van der Waals surface area contributed by atoms with Gasteiger partial charge in [0.05, 0.1) is 29.3 Å². The number of rotatable bonds is 9. The Morgan fingerprint density at radius 1 is 1.38 bits per heavy atom. The van der Waals surface area contributed by atoms with E-state index >= 15 is 0 Å². The summed E-state index contributed by atoms with van der Waals surface area (Å²) in [4.78, 5) is 16.4. The first-order valence-corrected chi connectivity index (χ1v) is 10.2. The second-order valence-electron chi connectivity index (χ2n) is 8.14. The van der Waals surface area contributed by atoms with Gasteiger partial charge in [0.25, 0.3) is 5.91 Å². The van der Waals surface area contributed by atoms with Gasteiger partial charge in [-0.3, -0.25) is 9.78 Å².